The molecule has 0 aliphatic carbocycles. The van der Waals surface area contributed by atoms with Crippen LogP contribution < -0.4 is 10.6 Å². The summed E-state index contributed by atoms with van der Waals surface area (Å²) in [6.45, 7) is 2.87. The second-order valence-corrected chi connectivity index (χ2v) is 7.77. The number of hydrogen-bond acceptors (Lipinski definition) is 5. The van der Waals surface area contributed by atoms with E-state index >= 15 is 0 Å². The van der Waals surface area contributed by atoms with Crippen LogP contribution in [0.15, 0.2) is 23.1 Å². The summed E-state index contributed by atoms with van der Waals surface area (Å²) in [6.07, 6.45) is 0.636. The van der Waals surface area contributed by atoms with Crippen molar-refractivity contribution in [3.63, 3.8) is 0 Å². The Bertz CT molecular complexity index is 611. The summed E-state index contributed by atoms with van der Waals surface area (Å²) < 4.78 is 25.6. The summed E-state index contributed by atoms with van der Waals surface area (Å²) in [5, 5.41) is 10.0. The highest BCUT2D eigenvalue weighted by Gasteiger charge is 2.33. The first-order chi connectivity index (χ1) is 9.15. The average molecular weight is 299 g/mol. The molecule has 1 fully saturated rings. The van der Waals surface area contributed by atoms with Crippen molar-refractivity contribution in [3.8, 4) is 0 Å². The summed E-state index contributed by atoms with van der Waals surface area (Å²) in [6, 6.07) is 4.96. The van der Waals surface area contributed by atoms with Gasteiger partial charge >= 0.3 is 0 Å². The molecule has 0 radical (unpaired) electrons. The molecule has 3 N–H and O–H groups in total. The van der Waals surface area contributed by atoms with Crippen LogP contribution in [0.3, 0.4) is 0 Å². The number of aliphatic hydroxyl groups is 1. The minimum absolute atomic E-state index is 0.103. The van der Waals surface area contributed by atoms with Gasteiger partial charge in [0, 0.05) is 27.2 Å². The van der Waals surface area contributed by atoms with E-state index in [4.69, 9.17) is 5.73 Å². The van der Waals surface area contributed by atoms with Crippen LogP contribution in [0.2, 0.25) is 0 Å². The lowest BCUT2D eigenvalue weighted by Gasteiger charge is -2.24. The molecule has 0 bridgehead atoms. The zero-order valence-electron chi connectivity index (χ0n) is 12.0. The van der Waals surface area contributed by atoms with Crippen molar-refractivity contribution in [2.45, 2.75) is 23.8 Å². The number of nitrogens with two attached hydrogens (primary N) is 1. The van der Waals surface area contributed by atoms with Gasteiger partial charge in [0.1, 0.15) is 4.90 Å². The quantitative estimate of drug-likeness (QED) is 0.793. The molecule has 1 saturated heterocycles. The van der Waals surface area contributed by atoms with Crippen molar-refractivity contribution >= 4 is 21.4 Å². The molecule has 1 aliphatic rings. The number of nitrogen functional groups attached to an aromatic ring is 1. The third kappa shape index (κ3) is 2.61. The van der Waals surface area contributed by atoms with Crippen LogP contribution in [0, 0.1) is 0 Å². The molecular weight excluding hydrogens is 278 g/mol. The van der Waals surface area contributed by atoms with Crippen LogP contribution in [0.4, 0.5) is 11.4 Å². The van der Waals surface area contributed by atoms with Gasteiger partial charge in [-0.3, -0.25) is 0 Å². The third-order valence-electron chi connectivity index (χ3n) is 3.59. The summed E-state index contributed by atoms with van der Waals surface area (Å²) in [5.74, 6) is 0. The maximum absolute atomic E-state index is 12.2. The maximum Gasteiger partial charge on any atom is 0.244 e. The fourth-order valence-electron chi connectivity index (χ4n) is 2.38. The lowest BCUT2D eigenvalue weighted by molar-refractivity contribution is 0.0839. The molecule has 1 atom stereocenters. The molecule has 0 spiro atoms. The summed E-state index contributed by atoms with van der Waals surface area (Å²) in [4.78, 5) is 2.02. The van der Waals surface area contributed by atoms with Crippen LogP contribution in [0.25, 0.3) is 0 Å². The largest absolute Gasteiger partial charge is 0.396 e. The predicted molar refractivity (Wildman–Crippen MR) is 79.2 cm³/mol. The molecule has 1 aromatic rings. The Labute approximate surface area is 119 Å². The van der Waals surface area contributed by atoms with Crippen LogP contribution in [-0.2, 0) is 10.0 Å². The number of anilines is 2. The maximum atomic E-state index is 12.2. The Morgan fingerprint density at radius 1 is 1.40 bits per heavy atom. The Morgan fingerprint density at radius 2 is 2.05 bits per heavy atom. The number of hydrogen-bond donors (Lipinski definition) is 2. The van der Waals surface area contributed by atoms with E-state index in [0.717, 1.165) is 4.31 Å². The lowest BCUT2D eigenvalue weighted by atomic mass is 10.1. The van der Waals surface area contributed by atoms with E-state index in [-0.39, 0.29) is 10.6 Å². The highest BCUT2D eigenvalue weighted by molar-refractivity contribution is 7.89. The van der Waals surface area contributed by atoms with E-state index in [0.29, 0.717) is 25.2 Å². The number of rotatable bonds is 3. The van der Waals surface area contributed by atoms with Crippen LogP contribution in [0.1, 0.15) is 13.3 Å². The first kappa shape index (κ1) is 15.1. The molecule has 0 amide bonds. The number of β-amino-alcohol motifs (C(OH)–C–C–N with tert-alkyl or cyclic N) is 1. The Morgan fingerprint density at radius 3 is 2.55 bits per heavy atom. The number of para-hydroxylation sites is 1. The molecular formula is C13H21N3O3S. The number of sulfonamides is 1. The second kappa shape index (κ2) is 4.91. The first-order valence-electron chi connectivity index (χ1n) is 6.43. The standard InChI is InChI=1S/C13H21N3O3S/c1-13(17)7-8-16(9-13)10-5-4-6-11(12(10)14)20(18,19)15(2)3/h4-6,17H,7-9,14H2,1-3H3. The SMILES string of the molecule is CN(C)S(=O)(=O)c1cccc(N2CCC(C)(O)C2)c1N. The summed E-state index contributed by atoms with van der Waals surface area (Å²) in [5.41, 5.74) is 6.18. The van der Waals surface area contributed by atoms with Crippen molar-refractivity contribution in [2.75, 3.05) is 37.8 Å². The summed E-state index contributed by atoms with van der Waals surface area (Å²) in [7, 11) is -0.621. The lowest BCUT2D eigenvalue weighted by Crippen LogP contribution is -2.30. The predicted octanol–water partition coefficient (Wildman–Crippen LogP) is 0.480. The molecule has 1 aromatic carbocycles. The molecule has 0 saturated carbocycles. The fourth-order valence-corrected chi connectivity index (χ4v) is 3.41. The van der Waals surface area contributed by atoms with E-state index in [1.54, 1.807) is 19.1 Å². The van der Waals surface area contributed by atoms with Crippen molar-refractivity contribution in [1.82, 2.24) is 4.31 Å². The van der Waals surface area contributed by atoms with Crippen LogP contribution in [-0.4, -0.2) is 50.6 Å². The zero-order chi connectivity index (χ0) is 15.1. The first-order valence-corrected chi connectivity index (χ1v) is 7.87. The van der Waals surface area contributed by atoms with Gasteiger partial charge in [0.2, 0.25) is 10.0 Å². The van der Waals surface area contributed by atoms with Gasteiger partial charge in [-0.1, -0.05) is 6.07 Å². The van der Waals surface area contributed by atoms with Crippen molar-refractivity contribution in [1.29, 1.82) is 0 Å². The molecule has 0 aromatic heterocycles. The minimum Gasteiger partial charge on any atom is -0.396 e. The topological polar surface area (TPSA) is 86.9 Å². The Hall–Kier alpha value is -1.31. The van der Waals surface area contributed by atoms with E-state index in [2.05, 4.69) is 0 Å². The van der Waals surface area contributed by atoms with E-state index in [1.807, 2.05) is 4.90 Å². The normalized spacial score (nSPS) is 23.6. The highest BCUT2D eigenvalue weighted by Crippen LogP contribution is 2.34. The van der Waals surface area contributed by atoms with Gasteiger partial charge in [0.15, 0.2) is 0 Å². The van der Waals surface area contributed by atoms with E-state index in [1.165, 1.54) is 20.2 Å². The molecule has 1 heterocycles. The van der Waals surface area contributed by atoms with Crippen LogP contribution in [0.5, 0.6) is 0 Å². The molecule has 20 heavy (non-hydrogen) atoms. The van der Waals surface area contributed by atoms with E-state index in [9.17, 15) is 13.5 Å². The molecule has 6 nitrogen and oxygen atoms in total. The number of benzene rings is 1. The van der Waals surface area contributed by atoms with Gasteiger partial charge < -0.3 is 15.7 Å². The average Bonchev–Trinajstić information content (AvgIpc) is 2.69. The number of nitrogens with zero attached hydrogens (tertiary/aromatic N) is 2. The fraction of sp³-hybridized carbons (Fsp3) is 0.538. The molecule has 1 aliphatic heterocycles. The van der Waals surface area contributed by atoms with Gasteiger partial charge in [-0.05, 0) is 25.5 Å². The van der Waals surface area contributed by atoms with Crippen molar-refractivity contribution in [2.24, 2.45) is 0 Å². The highest BCUT2D eigenvalue weighted by atomic mass is 32.2. The zero-order valence-corrected chi connectivity index (χ0v) is 12.8. The monoisotopic (exact) mass is 299 g/mol. The molecule has 112 valence electrons. The van der Waals surface area contributed by atoms with Crippen LogP contribution >= 0.6 is 0 Å². The van der Waals surface area contributed by atoms with Gasteiger partial charge in [-0.2, -0.15) is 0 Å². The van der Waals surface area contributed by atoms with Gasteiger partial charge in [0.05, 0.1) is 17.0 Å². The van der Waals surface area contributed by atoms with Gasteiger partial charge in [-0.15, -0.1) is 0 Å². The van der Waals surface area contributed by atoms with Crippen molar-refractivity contribution < 1.29 is 13.5 Å². The third-order valence-corrected chi connectivity index (χ3v) is 5.47. The van der Waals surface area contributed by atoms with Gasteiger partial charge in [0.25, 0.3) is 0 Å². The summed E-state index contributed by atoms with van der Waals surface area (Å²) >= 11 is 0. The molecule has 2 rings (SSSR count). The van der Waals surface area contributed by atoms with E-state index < -0.39 is 15.6 Å². The molecule has 7 heteroatoms. The van der Waals surface area contributed by atoms with Crippen molar-refractivity contribution in [3.05, 3.63) is 18.2 Å². The van der Waals surface area contributed by atoms with Gasteiger partial charge in [-0.25, -0.2) is 12.7 Å². The minimum atomic E-state index is -3.57. The smallest absolute Gasteiger partial charge is 0.244 e. The Kier molecular flexibility index (Phi) is 3.70. The second-order valence-electron chi connectivity index (χ2n) is 5.64. The Balaban J connectivity index is 2.44. The molecule has 1 unspecified atom stereocenters.